The fourth-order valence-corrected chi connectivity index (χ4v) is 5.37. The van der Waals surface area contributed by atoms with E-state index >= 15 is 0 Å². The number of para-hydroxylation sites is 1. The minimum absolute atomic E-state index is 0.0627. The zero-order valence-electron chi connectivity index (χ0n) is 22.5. The van der Waals surface area contributed by atoms with Crippen LogP contribution in [0.2, 0.25) is 0 Å². The summed E-state index contributed by atoms with van der Waals surface area (Å²) in [5, 5.41) is 6.04. The molecule has 9 heteroatoms. The summed E-state index contributed by atoms with van der Waals surface area (Å²) in [6.07, 6.45) is 6.55. The van der Waals surface area contributed by atoms with Crippen LogP contribution in [0.3, 0.4) is 0 Å². The van der Waals surface area contributed by atoms with Crippen molar-refractivity contribution >= 4 is 40.6 Å². The van der Waals surface area contributed by atoms with Gasteiger partial charge in [0.25, 0.3) is 11.8 Å². The molecule has 0 bridgehead atoms. The van der Waals surface area contributed by atoms with E-state index in [1.54, 1.807) is 12.1 Å². The Morgan fingerprint density at radius 2 is 1.73 bits per heavy atom. The van der Waals surface area contributed by atoms with Crippen molar-refractivity contribution in [2.45, 2.75) is 84.7 Å². The topological polar surface area (TPSA) is 117 Å². The highest BCUT2D eigenvalue weighted by molar-refractivity contribution is 7.09. The molecule has 1 aromatic carbocycles. The molecule has 1 aliphatic rings. The molecule has 0 saturated heterocycles. The molecular formula is C28H41N5O3S. The van der Waals surface area contributed by atoms with E-state index in [1.807, 2.05) is 32.0 Å². The predicted octanol–water partition coefficient (Wildman–Crippen LogP) is 5.01. The quantitative estimate of drug-likeness (QED) is 0.380. The number of benzene rings is 1. The first-order valence-corrected chi connectivity index (χ1v) is 14.2. The Bertz CT molecular complexity index is 1050. The zero-order chi connectivity index (χ0) is 26.9. The van der Waals surface area contributed by atoms with Gasteiger partial charge in [-0.25, -0.2) is 0 Å². The molecular weight excluding hydrogens is 486 g/mol. The third kappa shape index (κ3) is 7.77. The first kappa shape index (κ1) is 28.6. The van der Waals surface area contributed by atoms with Crippen molar-refractivity contribution in [3.63, 3.8) is 0 Å². The van der Waals surface area contributed by atoms with Crippen LogP contribution in [-0.2, 0) is 4.79 Å². The number of hydrogen-bond acceptors (Lipinski definition) is 6. The number of carbonyl (C=O) groups is 3. The second-order valence-electron chi connectivity index (χ2n) is 10.7. The summed E-state index contributed by atoms with van der Waals surface area (Å²) in [5.74, 6) is -0.370. The van der Waals surface area contributed by atoms with E-state index in [9.17, 15) is 14.4 Å². The lowest BCUT2D eigenvalue weighted by Gasteiger charge is -2.32. The van der Waals surface area contributed by atoms with E-state index in [0.717, 1.165) is 43.6 Å². The maximum atomic E-state index is 14.0. The average molecular weight is 528 g/mol. The van der Waals surface area contributed by atoms with E-state index < -0.39 is 11.9 Å². The van der Waals surface area contributed by atoms with Crippen LogP contribution in [0.1, 0.15) is 92.8 Å². The molecule has 0 radical (unpaired) electrons. The van der Waals surface area contributed by atoms with Crippen molar-refractivity contribution in [1.29, 1.82) is 0 Å². The van der Waals surface area contributed by atoms with Gasteiger partial charge in [0.1, 0.15) is 10.9 Å². The lowest BCUT2D eigenvalue weighted by molar-refractivity contribution is -0.122. The molecule has 1 saturated carbocycles. The Morgan fingerprint density at radius 1 is 1.05 bits per heavy atom. The fraction of sp³-hybridized carbons (Fsp3) is 0.571. The van der Waals surface area contributed by atoms with Gasteiger partial charge in [0.2, 0.25) is 5.91 Å². The van der Waals surface area contributed by atoms with E-state index in [4.69, 9.17) is 5.73 Å². The second kappa shape index (κ2) is 13.6. The molecule has 2 aromatic rings. The van der Waals surface area contributed by atoms with Gasteiger partial charge < -0.3 is 16.4 Å². The molecule has 0 spiro atoms. The van der Waals surface area contributed by atoms with Crippen LogP contribution < -0.4 is 21.3 Å². The molecule has 4 N–H and O–H groups in total. The smallest absolute Gasteiger partial charge is 0.273 e. The first-order valence-electron chi connectivity index (χ1n) is 13.4. The highest BCUT2D eigenvalue weighted by Crippen LogP contribution is 2.30. The predicted molar refractivity (Wildman–Crippen MR) is 150 cm³/mol. The van der Waals surface area contributed by atoms with Gasteiger partial charge in [-0.05, 0) is 61.2 Å². The minimum atomic E-state index is -0.733. The summed E-state index contributed by atoms with van der Waals surface area (Å²) < 4.78 is 4.27. The van der Waals surface area contributed by atoms with Crippen LogP contribution in [0.5, 0.6) is 0 Å². The van der Waals surface area contributed by atoms with Crippen LogP contribution in [0.15, 0.2) is 30.3 Å². The molecule has 1 aliphatic carbocycles. The zero-order valence-corrected chi connectivity index (χ0v) is 23.3. The Hall–Kier alpha value is -2.94. The number of nitrogens with two attached hydrogens (primary N) is 1. The molecule has 37 heavy (non-hydrogen) atoms. The van der Waals surface area contributed by atoms with Crippen LogP contribution in [-0.4, -0.2) is 40.7 Å². The number of nitrogens with zero attached hydrogens (tertiary/aromatic N) is 2. The van der Waals surface area contributed by atoms with Crippen molar-refractivity contribution in [1.82, 2.24) is 15.0 Å². The van der Waals surface area contributed by atoms with E-state index in [-0.39, 0.29) is 40.0 Å². The van der Waals surface area contributed by atoms with Gasteiger partial charge in [0, 0.05) is 18.3 Å². The van der Waals surface area contributed by atoms with Crippen LogP contribution in [0, 0.1) is 11.8 Å². The van der Waals surface area contributed by atoms with Gasteiger partial charge in [0.15, 0.2) is 5.69 Å². The molecule has 1 aromatic heterocycles. The van der Waals surface area contributed by atoms with Crippen LogP contribution in [0.25, 0.3) is 0 Å². The lowest BCUT2D eigenvalue weighted by atomic mass is 9.95. The largest absolute Gasteiger partial charge is 0.395 e. The van der Waals surface area contributed by atoms with Crippen molar-refractivity contribution < 1.29 is 14.4 Å². The summed E-state index contributed by atoms with van der Waals surface area (Å²) in [4.78, 5) is 42.0. The monoisotopic (exact) mass is 527 g/mol. The summed E-state index contributed by atoms with van der Waals surface area (Å²) >= 11 is 0.909. The number of anilines is 2. The SMILES string of the molecule is CC(C)CCNC(=O)[C@@H](CC(C)C)N(C(=O)c1snc(C(=O)NC2CCCCC2)c1N)c1ccccc1. The number of nitrogens with one attached hydrogen (secondary N) is 2. The van der Waals surface area contributed by atoms with Gasteiger partial charge in [0.05, 0.1) is 5.69 Å². The Morgan fingerprint density at radius 3 is 2.35 bits per heavy atom. The summed E-state index contributed by atoms with van der Waals surface area (Å²) in [5.41, 5.74) is 7.09. The molecule has 3 rings (SSSR count). The standard InChI is InChI=1S/C28H41N5O3S/c1-18(2)15-16-30-26(34)22(17-19(3)4)33(21-13-9-6-10-14-21)28(36)25-23(29)24(32-37-25)27(35)31-20-11-7-5-8-12-20/h6,9-10,13-14,18-20,22H,5,7-8,11-12,15-17,29H2,1-4H3,(H,30,34)(H,31,35)/t22-/m1/s1. The van der Waals surface area contributed by atoms with Crippen molar-refractivity contribution in [2.75, 3.05) is 17.2 Å². The lowest BCUT2D eigenvalue weighted by Crippen LogP contribution is -2.51. The summed E-state index contributed by atoms with van der Waals surface area (Å²) in [6, 6.07) is 8.51. The summed E-state index contributed by atoms with van der Waals surface area (Å²) in [6.45, 7) is 8.79. The number of aromatic nitrogens is 1. The molecule has 202 valence electrons. The Kier molecular flexibility index (Phi) is 10.5. The highest BCUT2D eigenvalue weighted by Gasteiger charge is 2.35. The minimum Gasteiger partial charge on any atom is -0.395 e. The average Bonchev–Trinajstić information content (AvgIpc) is 3.25. The normalized spacial score (nSPS) is 15.0. The molecule has 1 heterocycles. The van der Waals surface area contributed by atoms with Gasteiger partial charge >= 0.3 is 0 Å². The number of amides is 3. The first-order chi connectivity index (χ1) is 17.7. The van der Waals surface area contributed by atoms with Gasteiger partial charge in [-0.15, -0.1) is 0 Å². The fourth-order valence-electron chi connectivity index (χ4n) is 4.63. The maximum absolute atomic E-state index is 14.0. The van der Waals surface area contributed by atoms with Crippen LogP contribution in [0.4, 0.5) is 11.4 Å². The number of carbonyl (C=O) groups excluding carboxylic acids is 3. The number of rotatable bonds is 11. The summed E-state index contributed by atoms with van der Waals surface area (Å²) in [7, 11) is 0. The van der Waals surface area contributed by atoms with Crippen molar-refractivity contribution in [2.24, 2.45) is 11.8 Å². The molecule has 8 nitrogen and oxygen atoms in total. The van der Waals surface area contributed by atoms with Crippen molar-refractivity contribution in [3.05, 3.63) is 40.9 Å². The van der Waals surface area contributed by atoms with Gasteiger partial charge in [-0.1, -0.05) is 65.2 Å². The molecule has 1 fully saturated rings. The Balaban J connectivity index is 1.90. The molecule has 1 atom stereocenters. The molecule has 3 amide bonds. The third-order valence-corrected chi connectivity index (χ3v) is 7.51. The van der Waals surface area contributed by atoms with Crippen molar-refractivity contribution in [3.8, 4) is 0 Å². The molecule has 0 aliphatic heterocycles. The van der Waals surface area contributed by atoms with E-state index in [2.05, 4.69) is 28.9 Å². The van der Waals surface area contributed by atoms with Gasteiger partial charge in [-0.2, -0.15) is 4.37 Å². The highest BCUT2D eigenvalue weighted by atomic mass is 32.1. The third-order valence-electron chi connectivity index (χ3n) is 6.66. The van der Waals surface area contributed by atoms with E-state index in [1.165, 1.54) is 11.3 Å². The Labute approximate surface area is 224 Å². The maximum Gasteiger partial charge on any atom is 0.273 e. The van der Waals surface area contributed by atoms with Crippen LogP contribution >= 0.6 is 11.5 Å². The van der Waals surface area contributed by atoms with Gasteiger partial charge in [-0.3, -0.25) is 19.3 Å². The second-order valence-corrected chi connectivity index (χ2v) is 11.5. The molecule has 0 unspecified atom stereocenters. The van der Waals surface area contributed by atoms with E-state index in [0.29, 0.717) is 24.6 Å². The number of hydrogen-bond donors (Lipinski definition) is 3. The number of nitrogen functional groups attached to an aromatic ring is 1.